The number of aromatic nitrogens is 2. The van der Waals surface area contributed by atoms with E-state index >= 15 is 0 Å². The van der Waals surface area contributed by atoms with Gasteiger partial charge in [-0.1, -0.05) is 29.6 Å². The van der Waals surface area contributed by atoms with Crippen molar-refractivity contribution >= 4 is 33.6 Å². The van der Waals surface area contributed by atoms with E-state index in [1.54, 1.807) is 18.3 Å². The molecule has 0 radical (unpaired) electrons. The van der Waals surface area contributed by atoms with Gasteiger partial charge in [-0.3, -0.25) is 9.80 Å². The van der Waals surface area contributed by atoms with Crippen LogP contribution in [-0.4, -0.2) is 46.2 Å². The second-order valence-corrected chi connectivity index (χ2v) is 10.2. The summed E-state index contributed by atoms with van der Waals surface area (Å²) in [5, 5.41) is 19.7. The van der Waals surface area contributed by atoms with Crippen LogP contribution < -0.4 is 10.6 Å². The molecule has 0 saturated carbocycles. The molecule has 2 aliphatic heterocycles. The third-order valence-corrected chi connectivity index (χ3v) is 7.81. The highest BCUT2D eigenvalue weighted by atomic mass is 32.2. The Bertz CT molecular complexity index is 1190. The number of likely N-dealkylation sites (tertiary alicyclic amines) is 1. The predicted octanol–water partition coefficient (Wildman–Crippen LogP) is 3.83. The van der Waals surface area contributed by atoms with Crippen molar-refractivity contribution in [2.24, 2.45) is 11.0 Å². The van der Waals surface area contributed by atoms with Crippen molar-refractivity contribution in [2.45, 2.75) is 29.8 Å². The minimum Gasteiger partial charge on any atom is -0.306 e. The van der Waals surface area contributed by atoms with E-state index in [-0.39, 0.29) is 16.9 Å². The molecule has 1 fully saturated rings. The lowest BCUT2D eigenvalue weighted by Gasteiger charge is -2.23. The Labute approximate surface area is 197 Å². The number of thioether (sulfide) groups is 2. The van der Waals surface area contributed by atoms with Gasteiger partial charge in [-0.2, -0.15) is 28.6 Å². The Morgan fingerprint density at radius 2 is 2.12 bits per heavy atom. The molecule has 33 heavy (non-hydrogen) atoms. The minimum atomic E-state index is -4.51. The SMILES string of the molecule is CN1CCC(Cn2ncc3c(c2=O)SC(SCc2ccc(C(F)(F)F)cc2C#N)=NN3C)C1. The lowest BCUT2D eigenvalue weighted by molar-refractivity contribution is -0.137. The van der Waals surface area contributed by atoms with Crippen LogP contribution in [0, 0.1) is 17.2 Å². The van der Waals surface area contributed by atoms with Gasteiger partial charge in [-0.05, 0) is 43.6 Å². The molecule has 1 aromatic heterocycles. The van der Waals surface area contributed by atoms with Crippen LogP contribution >= 0.6 is 23.5 Å². The Morgan fingerprint density at radius 3 is 2.79 bits per heavy atom. The third-order valence-electron chi connectivity index (χ3n) is 5.58. The molecule has 12 heteroatoms. The molecule has 0 amide bonds. The molecule has 1 aromatic carbocycles. The highest BCUT2D eigenvalue weighted by molar-refractivity contribution is 8.38. The van der Waals surface area contributed by atoms with Crippen LogP contribution in [0.15, 0.2) is 39.2 Å². The number of fused-ring (bicyclic) bond motifs is 1. The van der Waals surface area contributed by atoms with E-state index < -0.39 is 11.7 Å². The van der Waals surface area contributed by atoms with Crippen molar-refractivity contribution in [1.82, 2.24) is 14.7 Å². The molecule has 1 unspecified atom stereocenters. The minimum absolute atomic E-state index is 0.0272. The molecule has 174 valence electrons. The second kappa shape index (κ2) is 9.40. The highest BCUT2D eigenvalue weighted by Gasteiger charge is 2.31. The summed E-state index contributed by atoms with van der Waals surface area (Å²) >= 11 is 2.50. The zero-order valence-electron chi connectivity index (χ0n) is 18.0. The summed E-state index contributed by atoms with van der Waals surface area (Å²) in [5.74, 6) is 0.625. The number of anilines is 1. The van der Waals surface area contributed by atoms with Gasteiger partial charge in [0.15, 0.2) is 4.38 Å². The Kier molecular flexibility index (Phi) is 6.74. The zero-order valence-corrected chi connectivity index (χ0v) is 19.6. The van der Waals surface area contributed by atoms with Crippen LogP contribution in [-0.2, 0) is 18.5 Å². The lowest BCUT2D eigenvalue weighted by atomic mass is 10.1. The number of nitriles is 1. The fraction of sp³-hybridized carbons (Fsp3) is 0.429. The van der Waals surface area contributed by atoms with Crippen molar-refractivity contribution in [2.75, 3.05) is 32.2 Å². The summed E-state index contributed by atoms with van der Waals surface area (Å²) in [6.07, 6.45) is -1.85. The van der Waals surface area contributed by atoms with Gasteiger partial charge in [0.2, 0.25) is 0 Å². The van der Waals surface area contributed by atoms with Crippen LogP contribution in [0.1, 0.15) is 23.1 Å². The van der Waals surface area contributed by atoms with Crippen molar-refractivity contribution < 1.29 is 13.2 Å². The standard InChI is InChI=1S/C21H21F3N6OS2/c1-28-6-5-13(10-28)11-30-19(31)18-17(9-26-30)29(2)27-20(33-18)32-12-14-3-4-16(21(22,23)24)7-15(14)8-25/h3-4,7,9,13H,5-6,10-12H2,1-2H3. The van der Waals surface area contributed by atoms with Gasteiger partial charge >= 0.3 is 6.18 Å². The van der Waals surface area contributed by atoms with Gasteiger partial charge in [0.1, 0.15) is 4.90 Å². The molecule has 7 nitrogen and oxygen atoms in total. The number of hydrogen-bond donors (Lipinski definition) is 0. The number of hydrogen-bond acceptors (Lipinski definition) is 8. The topological polar surface area (TPSA) is 77.5 Å². The first-order valence-electron chi connectivity index (χ1n) is 10.2. The number of rotatable bonds is 4. The van der Waals surface area contributed by atoms with Gasteiger partial charge < -0.3 is 4.90 Å². The Balaban J connectivity index is 1.50. The van der Waals surface area contributed by atoms with Gasteiger partial charge in [-0.15, -0.1) is 0 Å². The maximum Gasteiger partial charge on any atom is 0.416 e. The molecule has 2 aliphatic rings. The number of benzene rings is 1. The number of nitrogens with zero attached hydrogens (tertiary/aromatic N) is 6. The summed E-state index contributed by atoms with van der Waals surface area (Å²) in [5.41, 5.74) is 0.0261. The summed E-state index contributed by atoms with van der Waals surface area (Å²) in [4.78, 5) is 15.9. The molecule has 1 atom stereocenters. The van der Waals surface area contributed by atoms with Crippen LogP contribution in [0.2, 0.25) is 0 Å². The fourth-order valence-electron chi connectivity index (χ4n) is 3.80. The Hall–Kier alpha value is -2.49. The smallest absolute Gasteiger partial charge is 0.306 e. The molecule has 0 N–H and O–H groups in total. The van der Waals surface area contributed by atoms with E-state index in [2.05, 4.69) is 22.1 Å². The van der Waals surface area contributed by atoms with Crippen LogP contribution in [0.25, 0.3) is 0 Å². The molecule has 1 saturated heterocycles. The lowest BCUT2D eigenvalue weighted by Crippen LogP contribution is -2.31. The van der Waals surface area contributed by atoms with Crippen LogP contribution in [0.3, 0.4) is 0 Å². The van der Waals surface area contributed by atoms with Crippen molar-refractivity contribution in [3.8, 4) is 6.07 Å². The first-order valence-corrected chi connectivity index (χ1v) is 12.0. The van der Waals surface area contributed by atoms with E-state index in [0.717, 1.165) is 31.6 Å². The van der Waals surface area contributed by atoms with Crippen LogP contribution in [0.5, 0.6) is 0 Å². The summed E-state index contributed by atoms with van der Waals surface area (Å²) < 4.78 is 40.9. The summed E-state index contributed by atoms with van der Waals surface area (Å²) in [6.45, 7) is 2.48. The highest BCUT2D eigenvalue weighted by Crippen LogP contribution is 2.37. The predicted molar refractivity (Wildman–Crippen MR) is 123 cm³/mol. The van der Waals surface area contributed by atoms with Gasteiger partial charge in [-0.25, -0.2) is 4.68 Å². The number of alkyl halides is 3. The molecular formula is C21H21F3N6OS2. The molecule has 0 aliphatic carbocycles. The zero-order chi connectivity index (χ0) is 23.8. The maximum absolute atomic E-state index is 13.1. The molecule has 2 aromatic rings. The van der Waals surface area contributed by atoms with E-state index in [1.165, 1.54) is 34.3 Å². The largest absolute Gasteiger partial charge is 0.416 e. The number of halogens is 3. The maximum atomic E-state index is 13.1. The van der Waals surface area contributed by atoms with Gasteiger partial charge in [0, 0.05) is 25.9 Å². The van der Waals surface area contributed by atoms with Crippen molar-refractivity contribution in [1.29, 1.82) is 5.26 Å². The molecule has 4 rings (SSSR count). The fourth-order valence-corrected chi connectivity index (χ4v) is 6.00. The van der Waals surface area contributed by atoms with Gasteiger partial charge in [0.25, 0.3) is 5.56 Å². The quantitative estimate of drug-likeness (QED) is 0.639. The summed E-state index contributed by atoms with van der Waals surface area (Å²) in [6, 6.07) is 4.98. The molecular weight excluding hydrogens is 473 g/mol. The first-order chi connectivity index (χ1) is 15.7. The van der Waals surface area contributed by atoms with Crippen LogP contribution in [0.4, 0.5) is 18.9 Å². The van der Waals surface area contributed by atoms with Crippen molar-refractivity contribution in [3.05, 3.63) is 51.4 Å². The van der Waals surface area contributed by atoms with E-state index in [9.17, 15) is 23.2 Å². The van der Waals surface area contributed by atoms with E-state index in [0.29, 0.717) is 33.0 Å². The molecule has 3 heterocycles. The average molecular weight is 495 g/mol. The monoisotopic (exact) mass is 494 g/mol. The van der Waals surface area contributed by atoms with Crippen molar-refractivity contribution in [3.63, 3.8) is 0 Å². The van der Waals surface area contributed by atoms with Gasteiger partial charge in [0.05, 0.1) is 29.1 Å². The second-order valence-electron chi connectivity index (χ2n) is 8.02. The molecule has 0 bridgehead atoms. The number of hydrazone groups is 1. The third kappa shape index (κ3) is 5.20. The average Bonchev–Trinajstić information content (AvgIpc) is 3.18. The molecule has 0 spiro atoms. The van der Waals surface area contributed by atoms with E-state index in [4.69, 9.17) is 0 Å². The Morgan fingerprint density at radius 1 is 1.33 bits per heavy atom. The first kappa shape index (κ1) is 23.7. The van der Waals surface area contributed by atoms with E-state index in [1.807, 2.05) is 6.07 Å². The normalized spacial score (nSPS) is 18.7. The summed E-state index contributed by atoms with van der Waals surface area (Å²) in [7, 11) is 3.78.